The van der Waals surface area contributed by atoms with Crippen molar-refractivity contribution < 1.29 is 4.57 Å². The fraction of sp³-hybridized carbons (Fsp3) is 0.217. The highest BCUT2D eigenvalue weighted by atomic mass is 31.2. The second-order valence-electron chi connectivity index (χ2n) is 7.06. The van der Waals surface area contributed by atoms with Crippen molar-refractivity contribution in [1.29, 1.82) is 0 Å². The van der Waals surface area contributed by atoms with Crippen LogP contribution in [0.3, 0.4) is 0 Å². The second-order valence-corrected chi connectivity index (χ2v) is 9.83. The molecule has 0 N–H and O–H groups in total. The van der Waals surface area contributed by atoms with Gasteiger partial charge in [0.25, 0.3) is 0 Å². The third-order valence-corrected chi connectivity index (χ3v) is 8.21. The van der Waals surface area contributed by atoms with Gasteiger partial charge in [-0.25, -0.2) is 0 Å². The molecule has 0 aliphatic heterocycles. The molecule has 0 fully saturated rings. The zero-order chi connectivity index (χ0) is 17.9. The van der Waals surface area contributed by atoms with Crippen molar-refractivity contribution >= 4 is 23.1 Å². The second kappa shape index (κ2) is 7.02. The summed E-state index contributed by atoms with van der Waals surface area (Å²) in [7, 11) is -2.86. The molecule has 2 heteroatoms. The molecule has 0 aliphatic carbocycles. The molecule has 3 aromatic carbocycles. The van der Waals surface area contributed by atoms with Crippen LogP contribution in [0.2, 0.25) is 0 Å². The summed E-state index contributed by atoms with van der Waals surface area (Å²) in [4.78, 5) is 0. The smallest absolute Gasteiger partial charge is 0.171 e. The van der Waals surface area contributed by atoms with Crippen LogP contribution in [0.4, 0.5) is 0 Å². The molecular formula is C23H25OP. The normalized spacial score (nSPS) is 12.1. The van der Waals surface area contributed by atoms with E-state index in [4.69, 9.17) is 0 Å². The zero-order valence-electron chi connectivity index (χ0n) is 15.1. The molecule has 0 heterocycles. The molecule has 0 saturated heterocycles. The summed E-state index contributed by atoms with van der Waals surface area (Å²) in [5.74, 6) is 0. The molecule has 0 aromatic heterocycles. The first-order valence-electron chi connectivity index (χ1n) is 8.81. The Morgan fingerprint density at radius 1 is 0.680 bits per heavy atom. The summed E-state index contributed by atoms with van der Waals surface area (Å²) in [6, 6.07) is 28.0. The SMILES string of the molecule is CCC(C)(C)c1ccc(P(=O)(c2ccccc2)c2ccccc2)cc1. The van der Waals surface area contributed by atoms with Crippen LogP contribution in [0.5, 0.6) is 0 Å². The van der Waals surface area contributed by atoms with Gasteiger partial charge in [-0.1, -0.05) is 106 Å². The molecule has 3 rings (SSSR count). The van der Waals surface area contributed by atoms with Crippen molar-refractivity contribution in [3.8, 4) is 0 Å². The predicted molar refractivity (Wildman–Crippen MR) is 109 cm³/mol. The Bertz CT molecular complexity index is 821. The maximum Gasteiger partial charge on any atom is 0.171 e. The average Bonchev–Trinajstić information content (AvgIpc) is 2.69. The molecule has 1 nitrogen and oxygen atoms in total. The Kier molecular flexibility index (Phi) is 4.97. The lowest BCUT2D eigenvalue weighted by atomic mass is 9.82. The van der Waals surface area contributed by atoms with E-state index in [1.165, 1.54) is 5.56 Å². The van der Waals surface area contributed by atoms with Crippen molar-refractivity contribution in [1.82, 2.24) is 0 Å². The van der Waals surface area contributed by atoms with Crippen LogP contribution in [0.1, 0.15) is 32.8 Å². The first kappa shape index (κ1) is 17.7. The van der Waals surface area contributed by atoms with Gasteiger partial charge in [0.15, 0.2) is 7.14 Å². The van der Waals surface area contributed by atoms with E-state index in [1.54, 1.807) is 0 Å². The highest BCUT2D eigenvalue weighted by molar-refractivity contribution is 7.85. The number of rotatable bonds is 5. The molecular weight excluding hydrogens is 323 g/mol. The third-order valence-electron chi connectivity index (χ3n) is 5.14. The first-order valence-corrected chi connectivity index (χ1v) is 10.5. The largest absolute Gasteiger partial charge is 0.309 e. The topological polar surface area (TPSA) is 17.1 Å². The quantitative estimate of drug-likeness (QED) is 0.592. The standard InChI is InChI=1S/C23H25OP/c1-4-23(2,3)19-15-17-22(18-16-19)25(24,20-11-7-5-8-12-20)21-13-9-6-10-14-21/h5-18H,4H2,1-3H3. The molecule has 0 unspecified atom stereocenters. The number of hydrogen-bond acceptors (Lipinski definition) is 1. The maximum atomic E-state index is 14.2. The van der Waals surface area contributed by atoms with Crippen LogP contribution in [0, 0.1) is 0 Å². The van der Waals surface area contributed by atoms with Gasteiger partial charge in [0.05, 0.1) is 0 Å². The highest BCUT2D eigenvalue weighted by Gasteiger charge is 2.30. The molecule has 0 amide bonds. The van der Waals surface area contributed by atoms with Gasteiger partial charge in [0, 0.05) is 15.9 Å². The molecule has 0 radical (unpaired) electrons. The van der Waals surface area contributed by atoms with E-state index in [9.17, 15) is 4.57 Å². The summed E-state index contributed by atoms with van der Waals surface area (Å²) < 4.78 is 14.2. The fourth-order valence-electron chi connectivity index (χ4n) is 3.05. The zero-order valence-corrected chi connectivity index (χ0v) is 16.0. The Labute approximate surface area is 151 Å². The van der Waals surface area contributed by atoms with Crippen LogP contribution in [0.15, 0.2) is 84.9 Å². The van der Waals surface area contributed by atoms with Crippen molar-refractivity contribution in [3.63, 3.8) is 0 Å². The van der Waals surface area contributed by atoms with E-state index >= 15 is 0 Å². The molecule has 25 heavy (non-hydrogen) atoms. The minimum Gasteiger partial charge on any atom is -0.309 e. The summed E-state index contributed by atoms with van der Waals surface area (Å²) >= 11 is 0. The first-order chi connectivity index (χ1) is 12.0. The molecule has 128 valence electrons. The van der Waals surface area contributed by atoms with Gasteiger partial charge in [0.1, 0.15) is 0 Å². The van der Waals surface area contributed by atoms with E-state index < -0.39 is 7.14 Å². The van der Waals surface area contributed by atoms with Crippen molar-refractivity contribution in [2.75, 3.05) is 0 Å². The number of hydrogen-bond donors (Lipinski definition) is 0. The molecule has 0 bridgehead atoms. The Morgan fingerprint density at radius 3 is 1.48 bits per heavy atom. The summed E-state index contributed by atoms with van der Waals surface area (Å²) in [6.45, 7) is 6.69. The van der Waals surface area contributed by atoms with Crippen molar-refractivity contribution in [3.05, 3.63) is 90.5 Å². The van der Waals surface area contributed by atoms with Crippen LogP contribution >= 0.6 is 7.14 Å². The lowest BCUT2D eigenvalue weighted by Gasteiger charge is -2.25. The van der Waals surface area contributed by atoms with Crippen LogP contribution < -0.4 is 15.9 Å². The van der Waals surface area contributed by atoms with Crippen molar-refractivity contribution in [2.45, 2.75) is 32.6 Å². The Hall–Kier alpha value is -2.11. The van der Waals surface area contributed by atoms with Crippen molar-refractivity contribution in [2.24, 2.45) is 0 Å². The summed E-state index contributed by atoms with van der Waals surface area (Å²) in [5, 5.41) is 2.65. The lowest BCUT2D eigenvalue weighted by molar-refractivity contribution is 0.506. The number of benzene rings is 3. The van der Waals surface area contributed by atoms with Gasteiger partial charge < -0.3 is 4.57 Å². The van der Waals surface area contributed by atoms with E-state index in [0.717, 1.165) is 22.3 Å². The Balaban J connectivity index is 2.16. The van der Waals surface area contributed by atoms with Gasteiger partial charge in [-0.05, 0) is 17.4 Å². The van der Waals surface area contributed by atoms with Gasteiger partial charge in [-0.2, -0.15) is 0 Å². The van der Waals surface area contributed by atoms with Gasteiger partial charge in [0.2, 0.25) is 0 Å². The van der Waals surface area contributed by atoms with Crippen LogP contribution in [-0.2, 0) is 9.98 Å². The van der Waals surface area contributed by atoms with Gasteiger partial charge in [-0.15, -0.1) is 0 Å². The summed E-state index contributed by atoms with van der Waals surface area (Å²) in [5.41, 5.74) is 1.41. The Morgan fingerprint density at radius 2 is 1.08 bits per heavy atom. The fourth-order valence-corrected chi connectivity index (χ4v) is 5.70. The molecule has 0 spiro atoms. The molecule has 3 aromatic rings. The van der Waals surface area contributed by atoms with E-state index in [0.29, 0.717) is 0 Å². The van der Waals surface area contributed by atoms with Gasteiger partial charge >= 0.3 is 0 Å². The molecule has 0 atom stereocenters. The minimum atomic E-state index is -2.86. The predicted octanol–water partition coefficient (Wildman–Crippen LogP) is 5.01. The third kappa shape index (κ3) is 3.34. The van der Waals surface area contributed by atoms with Gasteiger partial charge in [-0.3, -0.25) is 0 Å². The lowest BCUT2D eigenvalue weighted by Crippen LogP contribution is -2.25. The van der Waals surface area contributed by atoms with E-state index in [-0.39, 0.29) is 5.41 Å². The van der Waals surface area contributed by atoms with E-state index in [2.05, 4.69) is 32.9 Å². The minimum absolute atomic E-state index is 0.127. The molecule has 0 saturated carbocycles. The summed E-state index contributed by atoms with van der Waals surface area (Å²) in [6.07, 6.45) is 1.07. The monoisotopic (exact) mass is 348 g/mol. The average molecular weight is 348 g/mol. The van der Waals surface area contributed by atoms with Crippen LogP contribution in [-0.4, -0.2) is 0 Å². The highest BCUT2D eigenvalue weighted by Crippen LogP contribution is 2.42. The van der Waals surface area contributed by atoms with E-state index in [1.807, 2.05) is 72.8 Å². The van der Waals surface area contributed by atoms with Crippen LogP contribution in [0.25, 0.3) is 0 Å². The maximum absolute atomic E-state index is 14.2. The molecule has 0 aliphatic rings.